The van der Waals surface area contributed by atoms with Gasteiger partial charge in [0.25, 0.3) is 0 Å². The molecule has 0 aliphatic heterocycles. The van der Waals surface area contributed by atoms with Crippen LogP contribution in [0.15, 0.2) is 0 Å². The predicted octanol–water partition coefficient (Wildman–Crippen LogP) is 11.8. The van der Waals surface area contributed by atoms with Crippen molar-refractivity contribution in [3.8, 4) is 0 Å². The van der Waals surface area contributed by atoms with E-state index in [0.29, 0.717) is 0 Å². The zero-order valence-electron chi connectivity index (χ0n) is 26.0. The Morgan fingerprint density at radius 1 is 0.351 bits per heavy atom. The van der Waals surface area contributed by atoms with Crippen LogP contribution in [0.25, 0.3) is 0 Å². The van der Waals surface area contributed by atoms with Crippen LogP contribution < -0.4 is 0 Å². The maximum atomic E-state index is 5.02. The van der Waals surface area contributed by atoms with Crippen molar-refractivity contribution in [1.82, 2.24) is 9.97 Å². The third-order valence-electron chi connectivity index (χ3n) is 8.10. The Hall–Kier alpha value is -0.920. The van der Waals surface area contributed by atoms with Crippen molar-refractivity contribution >= 4 is 0 Å². The SMILES string of the molecule is CCCCCCCCCCc1nc(C)nc(CCCCCCCCCC)c1CCCCCCCCCC. The maximum Gasteiger partial charge on any atom is 0.125 e. The predicted molar refractivity (Wildman–Crippen MR) is 166 cm³/mol. The highest BCUT2D eigenvalue weighted by Crippen LogP contribution is 2.22. The summed E-state index contributed by atoms with van der Waals surface area (Å²) in [6.45, 7) is 9.03. The van der Waals surface area contributed by atoms with Crippen molar-refractivity contribution in [3.05, 3.63) is 22.8 Å². The molecule has 0 aliphatic rings. The van der Waals surface area contributed by atoms with Gasteiger partial charge in [-0.1, -0.05) is 156 Å². The van der Waals surface area contributed by atoms with E-state index in [-0.39, 0.29) is 0 Å². The molecule has 0 fully saturated rings. The van der Waals surface area contributed by atoms with E-state index in [1.54, 1.807) is 5.56 Å². The highest BCUT2D eigenvalue weighted by atomic mass is 14.9. The van der Waals surface area contributed by atoms with Crippen molar-refractivity contribution < 1.29 is 0 Å². The van der Waals surface area contributed by atoms with Gasteiger partial charge in [0.05, 0.1) is 0 Å². The van der Waals surface area contributed by atoms with Gasteiger partial charge < -0.3 is 0 Å². The second kappa shape index (κ2) is 25.4. The number of aromatic nitrogens is 2. The third-order valence-corrected chi connectivity index (χ3v) is 8.10. The standard InChI is InChI=1S/C35H66N2/c1-5-8-11-14-17-20-23-26-29-33-34(30-27-24-21-18-15-12-9-6-2)36-32(4)37-35(33)31-28-25-22-19-16-13-10-7-3/h5-31H2,1-4H3. The average molecular weight is 515 g/mol. The first-order chi connectivity index (χ1) is 18.2. The van der Waals surface area contributed by atoms with Crippen LogP contribution in [0.2, 0.25) is 0 Å². The Morgan fingerprint density at radius 3 is 0.946 bits per heavy atom. The number of aryl methyl sites for hydroxylation is 3. The topological polar surface area (TPSA) is 25.8 Å². The molecule has 1 rings (SSSR count). The first-order valence-corrected chi connectivity index (χ1v) is 17.1. The summed E-state index contributed by atoms with van der Waals surface area (Å²) in [6, 6.07) is 0. The lowest BCUT2D eigenvalue weighted by Gasteiger charge is -2.15. The van der Waals surface area contributed by atoms with Crippen LogP contribution in [-0.2, 0) is 19.3 Å². The molecular weight excluding hydrogens is 448 g/mol. The Bertz CT molecular complexity index is 583. The normalized spacial score (nSPS) is 11.5. The lowest BCUT2D eigenvalue weighted by molar-refractivity contribution is 0.562. The van der Waals surface area contributed by atoms with E-state index in [0.717, 1.165) is 18.7 Å². The summed E-state index contributed by atoms with van der Waals surface area (Å²) in [4.78, 5) is 10.0. The van der Waals surface area contributed by atoms with Gasteiger partial charge in [-0.2, -0.15) is 0 Å². The lowest BCUT2D eigenvalue weighted by atomic mass is 9.96. The quantitative estimate of drug-likeness (QED) is 0.109. The van der Waals surface area contributed by atoms with E-state index < -0.39 is 0 Å². The number of rotatable bonds is 27. The molecule has 0 aromatic carbocycles. The fourth-order valence-electron chi connectivity index (χ4n) is 5.71. The Morgan fingerprint density at radius 2 is 0.622 bits per heavy atom. The van der Waals surface area contributed by atoms with Gasteiger partial charge in [0.2, 0.25) is 0 Å². The molecule has 0 saturated heterocycles. The van der Waals surface area contributed by atoms with E-state index >= 15 is 0 Å². The summed E-state index contributed by atoms with van der Waals surface area (Å²) < 4.78 is 0. The molecule has 1 aromatic rings. The second-order valence-electron chi connectivity index (χ2n) is 11.8. The zero-order valence-corrected chi connectivity index (χ0v) is 26.0. The maximum absolute atomic E-state index is 5.02. The molecule has 0 unspecified atom stereocenters. The van der Waals surface area contributed by atoms with Crippen LogP contribution in [0.4, 0.5) is 0 Å². The minimum Gasteiger partial charge on any atom is -0.238 e. The van der Waals surface area contributed by atoms with Crippen molar-refractivity contribution in [3.63, 3.8) is 0 Å². The van der Waals surface area contributed by atoms with Crippen LogP contribution >= 0.6 is 0 Å². The summed E-state index contributed by atoms with van der Waals surface area (Å²) in [5.41, 5.74) is 4.34. The van der Waals surface area contributed by atoms with Crippen LogP contribution in [0.1, 0.15) is 198 Å². The Kier molecular flexibility index (Phi) is 23.4. The molecule has 0 aliphatic carbocycles. The second-order valence-corrected chi connectivity index (χ2v) is 11.8. The minimum absolute atomic E-state index is 1.00. The van der Waals surface area contributed by atoms with Crippen LogP contribution in [0.5, 0.6) is 0 Å². The minimum atomic E-state index is 1.00. The number of unbranched alkanes of at least 4 members (excludes halogenated alkanes) is 21. The average Bonchev–Trinajstić information content (AvgIpc) is 2.89. The van der Waals surface area contributed by atoms with Crippen molar-refractivity contribution in [2.75, 3.05) is 0 Å². The van der Waals surface area contributed by atoms with E-state index in [4.69, 9.17) is 9.97 Å². The number of hydrogen-bond acceptors (Lipinski definition) is 2. The van der Waals surface area contributed by atoms with Gasteiger partial charge in [-0.15, -0.1) is 0 Å². The summed E-state index contributed by atoms with van der Waals surface area (Å²) in [6.07, 6.45) is 36.8. The van der Waals surface area contributed by atoms with E-state index in [1.807, 2.05) is 0 Å². The van der Waals surface area contributed by atoms with Gasteiger partial charge in [0, 0.05) is 11.4 Å². The van der Waals surface area contributed by atoms with Gasteiger partial charge in [-0.25, -0.2) is 9.97 Å². The molecule has 2 nitrogen and oxygen atoms in total. The Labute approximate surface area is 233 Å². The number of hydrogen-bond donors (Lipinski definition) is 0. The van der Waals surface area contributed by atoms with E-state index in [1.165, 1.54) is 172 Å². The lowest BCUT2D eigenvalue weighted by Crippen LogP contribution is -2.09. The molecule has 2 heteroatoms. The molecule has 0 N–H and O–H groups in total. The molecule has 0 spiro atoms. The molecular formula is C35H66N2. The zero-order chi connectivity index (χ0) is 26.8. The summed E-state index contributed by atoms with van der Waals surface area (Å²) >= 11 is 0. The van der Waals surface area contributed by atoms with Gasteiger partial charge >= 0.3 is 0 Å². The van der Waals surface area contributed by atoms with Crippen LogP contribution in [-0.4, -0.2) is 9.97 Å². The van der Waals surface area contributed by atoms with Crippen molar-refractivity contribution in [2.24, 2.45) is 0 Å². The molecule has 0 amide bonds. The first-order valence-electron chi connectivity index (χ1n) is 17.1. The van der Waals surface area contributed by atoms with E-state index in [9.17, 15) is 0 Å². The summed E-state index contributed by atoms with van der Waals surface area (Å²) in [5, 5.41) is 0. The molecule has 216 valence electrons. The highest BCUT2D eigenvalue weighted by molar-refractivity contribution is 5.27. The Balaban J connectivity index is 2.57. The first kappa shape index (κ1) is 34.1. The molecule has 0 atom stereocenters. The fourth-order valence-corrected chi connectivity index (χ4v) is 5.71. The molecule has 0 radical (unpaired) electrons. The van der Waals surface area contributed by atoms with Crippen LogP contribution in [0.3, 0.4) is 0 Å². The smallest absolute Gasteiger partial charge is 0.125 e. The molecule has 0 saturated carbocycles. The highest BCUT2D eigenvalue weighted by Gasteiger charge is 2.13. The van der Waals surface area contributed by atoms with Gasteiger partial charge in [0.1, 0.15) is 5.82 Å². The third kappa shape index (κ3) is 18.9. The summed E-state index contributed by atoms with van der Waals surface area (Å²) in [5.74, 6) is 1.00. The molecule has 0 bridgehead atoms. The molecule has 1 aromatic heterocycles. The van der Waals surface area contributed by atoms with Gasteiger partial charge in [-0.3, -0.25) is 0 Å². The fraction of sp³-hybridized carbons (Fsp3) is 0.886. The molecule has 37 heavy (non-hydrogen) atoms. The van der Waals surface area contributed by atoms with Crippen molar-refractivity contribution in [1.29, 1.82) is 0 Å². The van der Waals surface area contributed by atoms with E-state index in [2.05, 4.69) is 27.7 Å². The van der Waals surface area contributed by atoms with Gasteiger partial charge in [0.15, 0.2) is 0 Å². The largest absolute Gasteiger partial charge is 0.238 e. The van der Waals surface area contributed by atoms with Crippen LogP contribution in [0, 0.1) is 6.92 Å². The van der Waals surface area contributed by atoms with Crippen molar-refractivity contribution in [2.45, 2.75) is 201 Å². The monoisotopic (exact) mass is 515 g/mol. The molecule has 1 heterocycles. The van der Waals surface area contributed by atoms with Gasteiger partial charge in [-0.05, 0) is 51.0 Å². The summed E-state index contributed by atoms with van der Waals surface area (Å²) in [7, 11) is 0. The number of nitrogens with zero attached hydrogens (tertiary/aromatic N) is 2.